The number of nitrogens with zero attached hydrogens (tertiary/aromatic N) is 2. The Hall–Kier alpha value is -5.28. The van der Waals surface area contributed by atoms with Gasteiger partial charge >= 0.3 is 0 Å². The third-order valence-electron chi connectivity index (χ3n) is 9.58. The van der Waals surface area contributed by atoms with Crippen LogP contribution in [-0.2, 0) is 6.42 Å². The van der Waals surface area contributed by atoms with Gasteiger partial charge in [0.05, 0.1) is 11.6 Å². The molecule has 44 heavy (non-hydrogen) atoms. The van der Waals surface area contributed by atoms with Crippen LogP contribution in [0.3, 0.4) is 0 Å². The number of dihydropyridines is 1. The Balaban J connectivity index is 1.15. The molecule has 9 rings (SSSR count). The van der Waals surface area contributed by atoms with Gasteiger partial charge in [-0.2, -0.15) is 0 Å². The molecule has 5 aromatic rings. The third kappa shape index (κ3) is 3.96. The highest BCUT2D eigenvalue weighted by atomic mass is 15.2. The van der Waals surface area contributed by atoms with Crippen molar-refractivity contribution in [2.45, 2.75) is 24.8 Å². The van der Waals surface area contributed by atoms with Crippen LogP contribution in [-0.4, -0.2) is 17.2 Å². The van der Waals surface area contributed by atoms with Gasteiger partial charge in [0.1, 0.15) is 0 Å². The minimum Gasteiger partial charge on any atom is -0.381 e. The summed E-state index contributed by atoms with van der Waals surface area (Å²) < 4.78 is 2.46. The first-order chi connectivity index (χ1) is 21.8. The van der Waals surface area contributed by atoms with Crippen LogP contribution in [0.5, 0.6) is 0 Å². The molecule has 0 fully saturated rings. The quantitative estimate of drug-likeness (QED) is 0.233. The van der Waals surface area contributed by atoms with Crippen molar-refractivity contribution in [1.82, 2.24) is 9.88 Å². The van der Waals surface area contributed by atoms with Gasteiger partial charge in [0.15, 0.2) is 0 Å². The maximum atomic E-state index is 3.52. The summed E-state index contributed by atoms with van der Waals surface area (Å²) in [5, 5.41) is 4.85. The Morgan fingerprint density at radius 3 is 2.48 bits per heavy atom. The lowest BCUT2D eigenvalue weighted by atomic mass is 9.89. The molecule has 2 unspecified atom stereocenters. The Bertz CT molecular complexity index is 2090. The average Bonchev–Trinajstić information content (AvgIpc) is 3.61. The van der Waals surface area contributed by atoms with E-state index in [2.05, 4.69) is 160 Å². The molecule has 3 nitrogen and oxygen atoms in total. The number of hydrogen-bond donors (Lipinski definition) is 1. The standard InChI is InChI=1S/C41H33N3/c1-2-12-31(13-3-1)43-38-18-6-4-15-33(38)35-26-28(20-22-40(35)43)29-21-23-41-36(27-29)34-16-5-7-19-39(34)44(41)32-14-10-11-30(25-32)37-17-8-9-24-42-37/h1-5,7-17,19-23,25-27,34,39,42H,6,18,24H2. The maximum absolute atomic E-state index is 3.52. The third-order valence-corrected chi connectivity index (χ3v) is 9.58. The molecule has 3 heterocycles. The fourth-order valence-corrected chi connectivity index (χ4v) is 7.58. The van der Waals surface area contributed by atoms with Crippen molar-refractivity contribution >= 4 is 34.1 Å². The normalized spacial score (nSPS) is 19.5. The van der Waals surface area contributed by atoms with Crippen molar-refractivity contribution in [2.24, 2.45) is 0 Å². The Morgan fingerprint density at radius 1 is 0.705 bits per heavy atom. The van der Waals surface area contributed by atoms with Gasteiger partial charge in [-0.3, -0.25) is 0 Å². The smallest absolute Gasteiger partial charge is 0.0629 e. The van der Waals surface area contributed by atoms with Crippen molar-refractivity contribution in [3.05, 3.63) is 162 Å². The summed E-state index contributed by atoms with van der Waals surface area (Å²) in [4.78, 5) is 2.52. The molecule has 4 aliphatic rings. The van der Waals surface area contributed by atoms with E-state index in [9.17, 15) is 0 Å². The lowest BCUT2D eigenvalue weighted by Crippen LogP contribution is -2.28. The molecule has 4 aromatic carbocycles. The Morgan fingerprint density at radius 2 is 1.57 bits per heavy atom. The second kappa shape index (κ2) is 10.2. The van der Waals surface area contributed by atoms with Crippen molar-refractivity contribution < 1.29 is 0 Å². The predicted octanol–water partition coefficient (Wildman–Crippen LogP) is 9.49. The summed E-state index contributed by atoms with van der Waals surface area (Å²) in [6.45, 7) is 0.867. The van der Waals surface area contributed by atoms with Crippen molar-refractivity contribution in [1.29, 1.82) is 0 Å². The number of allylic oxidation sites excluding steroid dienone is 5. The topological polar surface area (TPSA) is 20.2 Å². The Labute approximate surface area is 258 Å². The predicted molar refractivity (Wildman–Crippen MR) is 185 cm³/mol. The zero-order valence-electron chi connectivity index (χ0n) is 24.5. The van der Waals surface area contributed by atoms with E-state index in [0.717, 1.165) is 19.4 Å². The van der Waals surface area contributed by atoms with Crippen LogP contribution in [0.2, 0.25) is 0 Å². The van der Waals surface area contributed by atoms with Crippen molar-refractivity contribution in [3.8, 4) is 16.8 Å². The molecule has 2 aliphatic carbocycles. The lowest BCUT2D eigenvalue weighted by Gasteiger charge is -2.29. The van der Waals surface area contributed by atoms with E-state index in [4.69, 9.17) is 0 Å². The number of nitrogens with one attached hydrogen (secondary N) is 1. The highest BCUT2D eigenvalue weighted by Gasteiger charge is 2.37. The van der Waals surface area contributed by atoms with Gasteiger partial charge in [0, 0.05) is 51.9 Å². The van der Waals surface area contributed by atoms with Gasteiger partial charge in [0.2, 0.25) is 0 Å². The maximum Gasteiger partial charge on any atom is 0.0629 e. The Kier molecular flexibility index (Phi) is 5.83. The first kappa shape index (κ1) is 25.2. The number of para-hydroxylation sites is 1. The van der Waals surface area contributed by atoms with Gasteiger partial charge < -0.3 is 14.8 Å². The molecule has 0 spiro atoms. The fraction of sp³-hybridized carbons (Fsp3) is 0.122. The van der Waals surface area contributed by atoms with Crippen LogP contribution in [0, 0.1) is 0 Å². The van der Waals surface area contributed by atoms with Crippen molar-refractivity contribution in [2.75, 3.05) is 11.4 Å². The number of aromatic nitrogens is 1. The van der Waals surface area contributed by atoms with E-state index in [-0.39, 0.29) is 6.04 Å². The number of benzene rings is 4. The van der Waals surface area contributed by atoms with Gasteiger partial charge in [-0.15, -0.1) is 0 Å². The first-order valence-corrected chi connectivity index (χ1v) is 15.7. The van der Waals surface area contributed by atoms with E-state index in [1.54, 1.807) is 0 Å². The highest BCUT2D eigenvalue weighted by molar-refractivity contribution is 5.96. The molecule has 212 valence electrons. The molecule has 0 amide bonds. The summed E-state index contributed by atoms with van der Waals surface area (Å²) >= 11 is 0. The van der Waals surface area contributed by atoms with Gasteiger partial charge in [0.25, 0.3) is 0 Å². The molecule has 0 saturated heterocycles. The first-order valence-electron chi connectivity index (χ1n) is 15.7. The van der Waals surface area contributed by atoms with E-state index in [1.807, 2.05) is 0 Å². The van der Waals surface area contributed by atoms with Crippen LogP contribution in [0.1, 0.15) is 34.7 Å². The number of anilines is 2. The molecule has 0 radical (unpaired) electrons. The lowest BCUT2D eigenvalue weighted by molar-refractivity contribution is 0.744. The van der Waals surface area contributed by atoms with Crippen LogP contribution < -0.4 is 10.2 Å². The number of rotatable bonds is 4. The van der Waals surface area contributed by atoms with E-state index < -0.39 is 0 Å². The molecule has 1 aromatic heterocycles. The molecule has 0 saturated carbocycles. The zero-order valence-corrected chi connectivity index (χ0v) is 24.5. The van der Waals surface area contributed by atoms with Gasteiger partial charge in [-0.25, -0.2) is 0 Å². The van der Waals surface area contributed by atoms with Crippen LogP contribution in [0.25, 0.3) is 39.5 Å². The van der Waals surface area contributed by atoms with Crippen LogP contribution in [0.15, 0.2) is 140 Å². The van der Waals surface area contributed by atoms with Gasteiger partial charge in [-0.1, -0.05) is 91.1 Å². The molecule has 1 N–H and O–H groups in total. The van der Waals surface area contributed by atoms with Gasteiger partial charge in [-0.05, 0) is 89.7 Å². The van der Waals surface area contributed by atoms with E-state index >= 15 is 0 Å². The average molecular weight is 568 g/mol. The minimum absolute atomic E-state index is 0.258. The molecular formula is C41H33N3. The van der Waals surface area contributed by atoms with Crippen molar-refractivity contribution in [3.63, 3.8) is 0 Å². The van der Waals surface area contributed by atoms with Crippen LogP contribution in [0.4, 0.5) is 11.4 Å². The second-order valence-corrected chi connectivity index (χ2v) is 12.1. The zero-order chi connectivity index (χ0) is 29.0. The molecule has 2 atom stereocenters. The van der Waals surface area contributed by atoms with Crippen LogP contribution >= 0.6 is 0 Å². The minimum atomic E-state index is 0.258. The molecule has 2 aliphatic heterocycles. The SMILES string of the molecule is C1=CCNC(c2cccc(N3c4ccc(-c5ccc6c(c5)c5c(n6-c6ccccc6)CCC=C5)cc4C4C=CC=CC43)c2)=C1. The number of hydrogen-bond acceptors (Lipinski definition) is 2. The monoisotopic (exact) mass is 567 g/mol. The molecular weight excluding hydrogens is 534 g/mol. The summed E-state index contributed by atoms with van der Waals surface area (Å²) in [6.07, 6.45) is 22.4. The molecule has 0 bridgehead atoms. The number of fused-ring (bicyclic) bond motifs is 6. The summed E-state index contributed by atoms with van der Waals surface area (Å²) in [5.74, 6) is 0.312. The summed E-state index contributed by atoms with van der Waals surface area (Å²) in [5.41, 5.74) is 14.1. The second-order valence-electron chi connectivity index (χ2n) is 12.1. The molecule has 3 heteroatoms. The van der Waals surface area contributed by atoms with E-state index in [1.165, 1.54) is 67.2 Å². The summed E-state index contributed by atoms with van der Waals surface area (Å²) in [6, 6.07) is 34.1. The fourth-order valence-electron chi connectivity index (χ4n) is 7.58. The highest BCUT2D eigenvalue weighted by Crippen LogP contribution is 2.49. The largest absolute Gasteiger partial charge is 0.381 e. The van der Waals surface area contributed by atoms with E-state index in [0.29, 0.717) is 5.92 Å². The summed E-state index contributed by atoms with van der Waals surface area (Å²) in [7, 11) is 0.